The number of aryl methyl sites for hydroxylation is 1. The second kappa shape index (κ2) is 7.15. The van der Waals surface area contributed by atoms with E-state index in [2.05, 4.69) is 39.4 Å². The van der Waals surface area contributed by atoms with Gasteiger partial charge in [-0.3, -0.25) is 4.79 Å². The molecule has 0 bridgehead atoms. The van der Waals surface area contributed by atoms with Crippen LogP contribution in [0.1, 0.15) is 38.9 Å². The highest BCUT2D eigenvalue weighted by Gasteiger charge is 2.25. The molecule has 24 heavy (non-hydrogen) atoms. The number of hydrogen-bond acceptors (Lipinski definition) is 5. The minimum atomic E-state index is 0.119. The minimum Gasteiger partial charge on any atom is -0.356 e. The van der Waals surface area contributed by atoms with Gasteiger partial charge in [-0.1, -0.05) is 13.8 Å². The van der Waals surface area contributed by atoms with Gasteiger partial charge in [0, 0.05) is 25.6 Å². The number of amides is 1. The lowest BCUT2D eigenvalue weighted by atomic mass is 9.96. The van der Waals surface area contributed by atoms with Crippen molar-refractivity contribution in [2.45, 2.75) is 40.0 Å². The van der Waals surface area contributed by atoms with E-state index in [9.17, 15) is 4.79 Å². The normalized spacial score (nSPS) is 16.1. The fourth-order valence-electron chi connectivity index (χ4n) is 3.05. The number of fused-ring (bicyclic) bond motifs is 1. The Morgan fingerprint density at radius 1 is 1.29 bits per heavy atom. The smallest absolute Gasteiger partial charge is 0.223 e. The van der Waals surface area contributed by atoms with E-state index >= 15 is 0 Å². The standard InChI is InChI=1S/C17H26N6O/c1-12(2)6-9-18-17(24)14-7-10-22(11-8-14)16-5-4-15-20-19-13(3)23(15)21-16/h4-5,12,14H,6-11H2,1-3H3,(H,18,24). The molecule has 1 fully saturated rings. The first-order valence-corrected chi connectivity index (χ1v) is 8.76. The van der Waals surface area contributed by atoms with Crippen molar-refractivity contribution in [3.63, 3.8) is 0 Å². The summed E-state index contributed by atoms with van der Waals surface area (Å²) in [7, 11) is 0. The fraction of sp³-hybridized carbons (Fsp3) is 0.647. The van der Waals surface area contributed by atoms with Crippen LogP contribution in [-0.4, -0.2) is 45.4 Å². The van der Waals surface area contributed by atoms with Crippen LogP contribution < -0.4 is 10.2 Å². The predicted octanol–water partition coefficient (Wildman–Crippen LogP) is 1.81. The van der Waals surface area contributed by atoms with Gasteiger partial charge >= 0.3 is 0 Å². The maximum Gasteiger partial charge on any atom is 0.223 e. The molecular weight excluding hydrogens is 304 g/mol. The Labute approximate surface area is 142 Å². The van der Waals surface area contributed by atoms with E-state index < -0.39 is 0 Å². The van der Waals surface area contributed by atoms with Gasteiger partial charge in [0.15, 0.2) is 11.5 Å². The van der Waals surface area contributed by atoms with Crippen LogP contribution in [0.5, 0.6) is 0 Å². The number of anilines is 1. The third-order valence-electron chi connectivity index (χ3n) is 4.62. The molecule has 130 valence electrons. The van der Waals surface area contributed by atoms with Crippen molar-refractivity contribution in [1.29, 1.82) is 0 Å². The van der Waals surface area contributed by atoms with Crippen LogP contribution in [-0.2, 0) is 4.79 Å². The maximum atomic E-state index is 12.2. The highest BCUT2D eigenvalue weighted by atomic mass is 16.1. The molecule has 0 aliphatic carbocycles. The van der Waals surface area contributed by atoms with Gasteiger partial charge < -0.3 is 10.2 Å². The highest BCUT2D eigenvalue weighted by molar-refractivity contribution is 5.78. The van der Waals surface area contributed by atoms with Gasteiger partial charge in [-0.2, -0.15) is 4.52 Å². The molecule has 0 aromatic carbocycles. The average molecular weight is 330 g/mol. The van der Waals surface area contributed by atoms with E-state index in [-0.39, 0.29) is 11.8 Å². The summed E-state index contributed by atoms with van der Waals surface area (Å²) in [6.07, 6.45) is 2.77. The van der Waals surface area contributed by atoms with Crippen molar-refractivity contribution in [2.24, 2.45) is 11.8 Å². The zero-order valence-corrected chi connectivity index (χ0v) is 14.7. The summed E-state index contributed by atoms with van der Waals surface area (Å²) in [5.41, 5.74) is 0.760. The number of carbonyl (C=O) groups excluding carboxylic acids is 1. The summed E-state index contributed by atoms with van der Waals surface area (Å²) in [5.74, 6) is 2.65. The van der Waals surface area contributed by atoms with E-state index in [1.54, 1.807) is 4.52 Å². The van der Waals surface area contributed by atoms with Crippen molar-refractivity contribution in [1.82, 2.24) is 25.1 Å². The molecule has 3 rings (SSSR count). The molecule has 0 unspecified atom stereocenters. The lowest BCUT2D eigenvalue weighted by Crippen LogP contribution is -2.41. The zero-order valence-electron chi connectivity index (χ0n) is 14.7. The van der Waals surface area contributed by atoms with Gasteiger partial charge in [0.05, 0.1) is 0 Å². The SMILES string of the molecule is Cc1nnc2ccc(N3CCC(C(=O)NCCC(C)C)CC3)nn12. The molecule has 0 radical (unpaired) electrons. The number of hydrogen-bond donors (Lipinski definition) is 1. The van der Waals surface area contributed by atoms with Gasteiger partial charge in [0.25, 0.3) is 0 Å². The second-order valence-electron chi connectivity index (χ2n) is 6.94. The Bertz CT molecular complexity index is 702. The Balaban J connectivity index is 1.56. The molecule has 1 N–H and O–H groups in total. The van der Waals surface area contributed by atoms with Gasteiger partial charge in [-0.05, 0) is 44.2 Å². The van der Waals surface area contributed by atoms with Crippen LogP contribution >= 0.6 is 0 Å². The summed E-state index contributed by atoms with van der Waals surface area (Å²) in [5, 5.41) is 15.8. The highest BCUT2D eigenvalue weighted by Crippen LogP contribution is 2.22. The van der Waals surface area contributed by atoms with Crippen molar-refractivity contribution >= 4 is 17.4 Å². The first-order chi connectivity index (χ1) is 11.5. The Morgan fingerprint density at radius 2 is 2.04 bits per heavy atom. The molecule has 3 heterocycles. The quantitative estimate of drug-likeness (QED) is 0.905. The number of nitrogens with zero attached hydrogens (tertiary/aromatic N) is 5. The molecule has 0 saturated carbocycles. The Morgan fingerprint density at radius 3 is 2.75 bits per heavy atom. The van der Waals surface area contributed by atoms with Crippen LogP contribution in [0.2, 0.25) is 0 Å². The summed E-state index contributed by atoms with van der Waals surface area (Å²) in [6.45, 7) is 8.72. The number of carbonyl (C=O) groups is 1. The van der Waals surface area contributed by atoms with Crippen LogP contribution in [0, 0.1) is 18.8 Å². The molecule has 7 nitrogen and oxygen atoms in total. The molecular formula is C17H26N6O. The van der Waals surface area contributed by atoms with Gasteiger partial charge in [0.2, 0.25) is 5.91 Å². The third kappa shape index (κ3) is 3.66. The number of piperidine rings is 1. The molecule has 1 saturated heterocycles. The van der Waals surface area contributed by atoms with Crippen molar-refractivity contribution in [3.8, 4) is 0 Å². The molecule has 2 aromatic heterocycles. The predicted molar refractivity (Wildman–Crippen MR) is 92.9 cm³/mol. The molecule has 1 aliphatic rings. The lowest BCUT2D eigenvalue weighted by molar-refractivity contribution is -0.125. The van der Waals surface area contributed by atoms with Gasteiger partial charge in [0.1, 0.15) is 5.82 Å². The lowest BCUT2D eigenvalue weighted by Gasteiger charge is -2.32. The Kier molecular flexibility index (Phi) is 4.97. The van der Waals surface area contributed by atoms with E-state index in [0.717, 1.165) is 56.2 Å². The topological polar surface area (TPSA) is 75.4 Å². The van der Waals surface area contributed by atoms with Gasteiger partial charge in [-0.25, -0.2) is 0 Å². The second-order valence-corrected chi connectivity index (χ2v) is 6.94. The summed E-state index contributed by atoms with van der Waals surface area (Å²) in [4.78, 5) is 14.5. The largest absolute Gasteiger partial charge is 0.356 e. The van der Waals surface area contributed by atoms with Crippen LogP contribution in [0.15, 0.2) is 12.1 Å². The summed E-state index contributed by atoms with van der Waals surface area (Å²) >= 11 is 0. The fourth-order valence-corrected chi connectivity index (χ4v) is 3.05. The number of aromatic nitrogens is 4. The van der Waals surface area contributed by atoms with E-state index in [0.29, 0.717) is 5.92 Å². The molecule has 1 aliphatic heterocycles. The Hall–Kier alpha value is -2.18. The van der Waals surface area contributed by atoms with E-state index in [1.165, 1.54) is 0 Å². The molecule has 2 aromatic rings. The van der Waals surface area contributed by atoms with E-state index in [4.69, 9.17) is 0 Å². The minimum absolute atomic E-state index is 0.119. The number of nitrogens with one attached hydrogen (secondary N) is 1. The summed E-state index contributed by atoms with van der Waals surface area (Å²) < 4.78 is 1.76. The zero-order chi connectivity index (χ0) is 17.1. The van der Waals surface area contributed by atoms with Crippen molar-refractivity contribution in [3.05, 3.63) is 18.0 Å². The monoisotopic (exact) mass is 330 g/mol. The molecule has 0 spiro atoms. The molecule has 0 atom stereocenters. The van der Waals surface area contributed by atoms with E-state index in [1.807, 2.05) is 19.1 Å². The number of rotatable bonds is 5. The first-order valence-electron chi connectivity index (χ1n) is 8.76. The first kappa shape index (κ1) is 16.7. The summed E-state index contributed by atoms with van der Waals surface area (Å²) in [6, 6.07) is 3.92. The molecule has 7 heteroatoms. The van der Waals surface area contributed by atoms with Crippen molar-refractivity contribution in [2.75, 3.05) is 24.5 Å². The van der Waals surface area contributed by atoms with Crippen LogP contribution in [0.3, 0.4) is 0 Å². The third-order valence-corrected chi connectivity index (χ3v) is 4.62. The average Bonchev–Trinajstić information content (AvgIpc) is 2.95. The maximum absolute atomic E-state index is 12.2. The van der Waals surface area contributed by atoms with Gasteiger partial charge in [-0.15, -0.1) is 15.3 Å². The van der Waals surface area contributed by atoms with Crippen LogP contribution in [0.25, 0.3) is 5.65 Å². The van der Waals surface area contributed by atoms with Crippen LogP contribution in [0.4, 0.5) is 5.82 Å². The molecule has 1 amide bonds. The van der Waals surface area contributed by atoms with Crippen molar-refractivity contribution < 1.29 is 4.79 Å².